The zero-order chi connectivity index (χ0) is 23.6. The van der Waals surface area contributed by atoms with Crippen LogP contribution < -0.4 is 15.6 Å². The SMILES string of the molecule is Cc1cccc(C(=O)Nc2cccc3c(=O)n(Cc4ccc(OC(F)(F)F)cc4)ccc23)c1. The van der Waals surface area contributed by atoms with Crippen molar-refractivity contribution in [3.8, 4) is 5.75 Å². The van der Waals surface area contributed by atoms with Crippen molar-refractivity contribution in [1.82, 2.24) is 4.57 Å². The molecule has 1 amide bonds. The highest BCUT2D eigenvalue weighted by Gasteiger charge is 2.30. The summed E-state index contributed by atoms with van der Waals surface area (Å²) in [6.45, 7) is 2.06. The van der Waals surface area contributed by atoms with Gasteiger partial charge in [0, 0.05) is 28.2 Å². The molecule has 1 heterocycles. The maximum Gasteiger partial charge on any atom is 0.573 e. The number of aryl methyl sites for hydroxylation is 1. The molecular weight excluding hydrogens is 433 g/mol. The Morgan fingerprint density at radius 1 is 0.970 bits per heavy atom. The van der Waals surface area contributed by atoms with Gasteiger partial charge in [-0.25, -0.2) is 0 Å². The molecule has 4 aromatic rings. The molecule has 33 heavy (non-hydrogen) atoms. The van der Waals surface area contributed by atoms with Crippen LogP contribution in [0.15, 0.2) is 83.8 Å². The van der Waals surface area contributed by atoms with E-state index in [1.807, 2.05) is 13.0 Å². The van der Waals surface area contributed by atoms with Gasteiger partial charge in [0.2, 0.25) is 0 Å². The summed E-state index contributed by atoms with van der Waals surface area (Å²) in [7, 11) is 0. The number of halogens is 3. The Morgan fingerprint density at radius 3 is 2.39 bits per heavy atom. The standard InChI is InChI=1S/C25H19F3N2O3/c1-16-4-2-5-18(14-16)23(31)29-22-7-3-6-21-20(22)12-13-30(24(21)32)15-17-8-10-19(11-9-17)33-25(26,27)28/h2-14H,15H2,1H3,(H,29,31). The van der Waals surface area contributed by atoms with Crippen molar-refractivity contribution in [3.63, 3.8) is 0 Å². The lowest BCUT2D eigenvalue weighted by Crippen LogP contribution is -2.21. The number of carbonyl (C=O) groups is 1. The van der Waals surface area contributed by atoms with E-state index in [1.54, 1.807) is 48.7 Å². The summed E-state index contributed by atoms with van der Waals surface area (Å²) in [6, 6.07) is 19.3. The van der Waals surface area contributed by atoms with Gasteiger partial charge in [-0.1, -0.05) is 35.9 Å². The van der Waals surface area contributed by atoms with Crippen LogP contribution in [0.5, 0.6) is 5.75 Å². The van der Waals surface area contributed by atoms with Crippen molar-refractivity contribution in [2.45, 2.75) is 19.8 Å². The minimum atomic E-state index is -4.76. The topological polar surface area (TPSA) is 60.3 Å². The van der Waals surface area contributed by atoms with Gasteiger partial charge in [0.25, 0.3) is 11.5 Å². The smallest absolute Gasteiger partial charge is 0.406 e. The first-order valence-corrected chi connectivity index (χ1v) is 10.0. The van der Waals surface area contributed by atoms with E-state index in [0.717, 1.165) is 5.56 Å². The van der Waals surface area contributed by atoms with E-state index in [-0.39, 0.29) is 23.8 Å². The van der Waals surface area contributed by atoms with Crippen molar-refractivity contribution in [3.05, 3.63) is 106 Å². The zero-order valence-electron chi connectivity index (χ0n) is 17.5. The van der Waals surface area contributed by atoms with Gasteiger partial charge in [-0.05, 0) is 55.0 Å². The van der Waals surface area contributed by atoms with Gasteiger partial charge in [0.05, 0.1) is 6.54 Å². The van der Waals surface area contributed by atoms with Crippen molar-refractivity contribution in [2.24, 2.45) is 0 Å². The molecule has 3 aromatic carbocycles. The molecule has 0 radical (unpaired) electrons. The van der Waals surface area contributed by atoms with Gasteiger partial charge in [-0.15, -0.1) is 13.2 Å². The van der Waals surface area contributed by atoms with Crippen molar-refractivity contribution in [1.29, 1.82) is 0 Å². The molecule has 0 aliphatic heterocycles. The number of nitrogens with zero attached hydrogens (tertiary/aromatic N) is 1. The van der Waals surface area contributed by atoms with Crippen molar-refractivity contribution < 1.29 is 22.7 Å². The maximum absolute atomic E-state index is 13.0. The predicted molar refractivity (Wildman–Crippen MR) is 120 cm³/mol. The Labute approximate surface area is 187 Å². The second kappa shape index (κ2) is 8.82. The molecule has 5 nitrogen and oxygen atoms in total. The van der Waals surface area contributed by atoms with E-state index in [4.69, 9.17) is 0 Å². The molecule has 1 N–H and O–H groups in total. The maximum atomic E-state index is 13.0. The number of hydrogen-bond acceptors (Lipinski definition) is 3. The van der Waals surface area contributed by atoms with Gasteiger partial charge in [-0.3, -0.25) is 9.59 Å². The largest absolute Gasteiger partial charge is 0.573 e. The number of ether oxygens (including phenoxy) is 1. The predicted octanol–water partition coefficient (Wildman–Crippen LogP) is 5.51. The molecule has 168 valence electrons. The van der Waals surface area contributed by atoms with Gasteiger partial charge < -0.3 is 14.6 Å². The number of nitrogens with one attached hydrogen (secondary N) is 1. The Morgan fingerprint density at radius 2 is 1.70 bits per heavy atom. The zero-order valence-corrected chi connectivity index (χ0v) is 17.5. The molecule has 0 atom stereocenters. The summed E-state index contributed by atoms with van der Waals surface area (Å²) < 4.78 is 42.3. The lowest BCUT2D eigenvalue weighted by Gasteiger charge is -2.12. The van der Waals surface area contributed by atoms with E-state index in [9.17, 15) is 22.8 Å². The number of benzene rings is 3. The van der Waals surface area contributed by atoms with Crippen LogP contribution in [0.4, 0.5) is 18.9 Å². The average molecular weight is 452 g/mol. The Bertz CT molecular complexity index is 1380. The molecule has 0 fully saturated rings. The van der Waals surface area contributed by atoms with Crippen molar-refractivity contribution in [2.75, 3.05) is 5.32 Å². The molecule has 0 aliphatic rings. The normalized spacial score (nSPS) is 11.4. The van der Waals surface area contributed by atoms with E-state index >= 15 is 0 Å². The lowest BCUT2D eigenvalue weighted by atomic mass is 10.1. The highest BCUT2D eigenvalue weighted by atomic mass is 19.4. The summed E-state index contributed by atoms with van der Waals surface area (Å²) in [6.07, 6.45) is -3.17. The average Bonchev–Trinajstić information content (AvgIpc) is 2.76. The third-order valence-electron chi connectivity index (χ3n) is 5.06. The Balaban J connectivity index is 1.58. The number of carbonyl (C=O) groups excluding carboxylic acids is 1. The monoisotopic (exact) mass is 452 g/mol. The summed E-state index contributed by atoms with van der Waals surface area (Å²) in [5.74, 6) is -0.609. The Hall–Kier alpha value is -4.07. The molecular formula is C25H19F3N2O3. The number of pyridine rings is 1. The number of anilines is 1. The second-order valence-corrected chi connectivity index (χ2v) is 7.53. The quantitative estimate of drug-likeness (QED) is 0.435. The minimum absolute atomic E-state index is 0.168. The third-order valence-corrected chi connectivity index (χ3v) is 5.06. The van der Waals surface area contributed by atoms with Crippen LogP contribution in [0.3, 0.4) is 0 Å². The molecule has 4 rings (SSSR count). The van der Waals surface area contributed by atoms with Crippen LogP contribution in [0, 0.1) is 6.92 Å². The van der Waals surface area contributed by atoms with Gasteiger partial charge >= 0.3 is 6.36 Å². The van der Waals surface area contributed by atoms with E-state index in [0.29, 0.717) is 27.6 Å². The molecule has 0 saturated heterocycles. The number of alkyl halides is 3. The first-order valence-electron chi connectivity index (χ1n) is 10.0. The van der Waals surface area contributed by atoms with Crippen molar-refractivity contribution >= 4 is 22.4 Å². The van der Waals surface area contributed by atoms with E-state index in [2.05, 4.69) is 10.1 Å². The first-order chi connectivity index (χ1) is 15.7. The van der Waals surface area contributed by atoms with Crippen LogP contribution in [-0.2, 0) is 6.54 Å². The summed E-state index contributed by atoms with van der Waals surface area (Å²) >= 11 is 0. The second-order valence-electron chi connectivity index (χ2n) is 7.53. The summed E-state index contributed by atoms with van der Waals surface area (Å²) in [4.78, 5) is 25.7. The summed E-state index contributed by atoms with van der Waals surface area (Å²) in [5.41, 5.74) is 2.33. The molecule has 0 aliphatic carbocycles. The molecule has 0 spiro atoms. The third kappa shape index (κ3) is 5.23. The molecule has 1 aromatic heterocycles. The number of amides is 1. The van der Waals surface area contributed by atoms with Crippen LogP contribution in [0.25, 0.3) is 10.8 Å². The van der Waals surface area contributed by atoms with Crippen LogP contribution >= 0.6 is 0 Å². The van der Waals surface area contributed by atoms with Gasteiger partial charge in [0.1, 0.15) is 5.75 Å². The van der Waals surface area contributed by atoms with Crippen LogP contribution in [0.2, 0.25) is 0 Å². The first kappa shape index (κ1) is 22.1. The highest BCUT2D eigenvalue weighted by Crippen LogP contribution is 2.24. The van der Waals surface area contributed by atoms with Crippen LogP contribution in [0.1, 0.15) is 21.5 Å². The van der Waals surface area contributed by atoms with E-state index < -0.39 is 6.36 Å². The number of aromatic nitrogens is 1. The highest BCUT2D eigenvalue weighted by molar-refractivity contribution is 6.09. The van der Waals surface area contributed by atoms with Gasteiger partial charge in [-0.2, -0.15) is 0 Å². The number of fused-ring (bicyclic) bond motifs is 1. The Kier molecular flexibility index (Phi) is 5.91. The fourth-order valence-corrected chi connectivity index (χ4v) is 3.53. The fraction of sp³-hybridized carbons (Fsp3) is 0.120. The lowest BCUT2D eigenvalue weighted by molar-refractivity contribution is -0.274. The number of rotatable bonds is 5. The van der Waals surface area contributed by atoms with E-state index in [1.165, 1.54) is 28.8 Å². The minimum Gasteiger partial charge on any atom is -0.406 e. The molecule has 0 unspecified atom stereocenters. The molecule has 0 bridgehead atoms. The fourth-order valence-electron chi connectivity index (χ4n) is 3.53. The van der Waals surface area contributed by atoms with Gasteiger partial charge in [0.15, 0.2) is 0 Å². The van der Waals surface area contributed by atoms with Crippen LogP contribution in [-0.4, -0.2) is 16.8 Å². The molecule has 8 heteroatoms. The number of hydrogen-bond donors (Lipinski definition) is 1. The molecule has 0 saturated carbocycles. The summed E-state index contributed by atoms with van der Waals surface area (Å²) in [5, 5.41) is 3.86.